The van der Waals surface area contributed by atoms with Crippen molar-refractivity contribution in [3.8, 4) is 33.8 Å². The number of aryl methyl sites for hydroxylation is 1. The molecule has 192 valence electrons. The van der Waals surface area contributed by atoms with E-state index in [-0.39, 0.29) is 0 Å². The lowest BCUT2D eigenvalue weighted by atomic mass is 9.96. The predicted molar refractivity (Wildman–Crippen MR) is 171 cm³/mol. The summed E-state index contributed by atoms with van der Waals surface area (Å²) in [6.07, 6.45) is 0. The van der Waals surface area contributed by atoms with E-state index in [4.69, 9.17) is 15.0 Å². The SMILES string of the molecule is Cc1cccc2c(-c3ccc(-c4ccc5ccc6ccc(-c7ccccc7)nc6c5n4)cc3)nc3ccccc3c12. The van der Waals surface area contributed by atoms with E-state index in [0.717, 1.165) is 61.1 Å². The molecule has 8 rings (SSSR count). The molecule has 0 unspecified atom stereocenters. The van der Waals surface area contributed by atoms with Crippen molar-refractivity contribution in [3.05, 3.63) is 139 Å². The molecule has 0 saturated carbocycles. The molecule has 0 aliphatic heterocycles. The van der Waals surface area contributed by atoms with E-state index < -0.39 is 0 Å². The first-order chi connectivity index (χ1) is 20.2. The molecular formula is C38H25N3. The first-order valence-electron chi connectivity index (χ1n) is 13.9. The maximum atomic E-state index is 5.14. The summed E-state index contributed by atoms with van der Waals surface area (Å²) in [5, 5.41) is 5.80. The highest BCUT2D eigenvalue weighted by atomic mass is 14.8. The Kier molecular flexibility index (Phi) is 5.36. The lowest BCUT2D eigenvalue weighted by Crippen LogP contribution is -1.92. The number of para-hydroxylation sites is 1. The molecule has 0 radical (unpaired) electrons. The molecule has 3 aromatic heterocycles. The summed E-state index contributed by atoms with van der Waals surface area (Å²) < 4.78 is 0. The van der Waals surface area contributed by atoms with Crippen molar-refractivity contribution in [2.75, 3.05) is 0 Å². The Hall–Kier alpha value is -5.41. The minimum Gasteiger partial charge on any atom is -0.247 e. The van der Waals surface area contributed by atoms with Gasteiger partial charge in [-0.25, -0.2) is 15.0 Å². The second-order valence-corrected chi connectivity index (χ2v) is 10.5. The molecule has 3 heterocycles. The molecule has 0 atom stereocenters. The predicted octanol–water partition coefficient (Wildman–Crippen LogP) is 9.79. The standard InChI is InChI=1S/C38H25N3/c1-24-8-7-12-31-35(24)30-11-5-6-13-34(30)41-36(31)27-16-14-26(15-17-27)33-23-21-29-19-18-28-20-22-32(25-9-3-2-4-10-25)39-37(28)38(29)40-33/h2-23H,1H3. The Morgan fingerprint density at radius 2 is 0.976 bits per heavy atom. The summed E-state index contributed by atoms with van der Waals surface area (Å²) in [5.74, 6) is 0. The van der Waals surface area contributed by atoms with Gasteiger partial charge in [0, 0.05) is 38.2 Å². The minimum absolute atomic E-state index is 0.916. The van der Waals surface area contributed by atoms with Gasteiger partial charge in [0.05, 0.1) is 33.6 Å². The Balaban J connectivity index is 1.24. The zero-order valence-electron chi connectivity index (χ0n) is 22.5. The van der Waals surface area contributed by atoms with E-state index in [1.165, 1.54) is 21.7 Å². The van der Waals surface area contributed by atoms with Crippen molar-refractivity contribution < 1.29 is 0 Å². The summed E-state index contributed by atoms with van der Waals surface area (Å²) in [4.78, 5) is 15.3. The first kappa shape index (κ1) is 23.5. The summed E-state index contributed by atoms with van der Waals surface area (Å²) in [7, 11) is 0. The monoisotopic (exact) mass is 523 g/mol. The van der Waals surface area contributed by atoms with Gasteiger partial charge < -0.3 is 0 Å². The van der Waals surface area contributed by atoms with Gasteiger partial charge in [-0.2, -0.15) is 0 Å². The van der Waals surface area contributed by atoms with Crippen LogP contribution in [0.3, 0.4) is 0 Å². The van der Waals surface area contributed by atoms with Crippen LogP contribution in [0, 0.1) is 6.92 Å². The van der Waals surface area contributed by atoms with E-state index in [1.807, 2.05) is 18.2 Å². The van der Waals surface area contributed by atoms with Crippen LogP contribution in [0.1, 0.15) is 5.56 Å². The van der Waals surface area contributed by atoms with Crippen LogP contribution < -0.4 is 0 Å². The van der Waals surface area contributed by atoms with Gasteiger partial charge >= 0.3 is 0 Å². The maximum Gasteiger partial charge on any atom is 0.0972 e. The van der Waals surface area contributed by atoms with Crippen LogP contribution in [-0.4, -0.2) is 15.0 Å². The van der Waals surface area contributed by atoms with Crippen molar-refractivity contribution in [3.63, 3.8) is 0 Å². The molecular weight excluding hydrogens is 498 g/mol. The molecule has 3 nitrogen and oxygen atoms in total. The average molecular weight is 524 g/mol. The average Bonchev–Trinajstić information content (AvgIpc) is 3.04. The van der Waals surface area contributed by atoms with Gasteiger partial charge in [-0.3, -0.25) is 0 Å². The molecule has 0 N–H and O–H groups in total. The molecule has 5 aromatic carbocycles. The molecule has 41 heavy (non-hydrogen) atoms. The summed E-state index contributed by atoms with van der Waals surface area (Å²) in [5.41, 5.74) is 10.2. The van der Waals surface area contributed by atoms with Gasteiger partial charge in [0.2, 0.25) is 0 Å². The third-order valence-electron chi connectivity index (χ3n) is 7.98. The van der Waals surface area contributed by atoms with Crippen LogP contribution in [0.25, 0.3) is 77.3 Å². The van der Waals surface area contributed by atoms with Gasteiger partial charge in [-0.1, -0.05) is 115 Å². The number of benzene rings is 5. The highest BCUT2D eigenvalue weighted by Gasteiger charge is 2.13. The van der Waals surface area contributed by atoms with Gasteiger partial charge in [0.25, 0.3) is 0 Å². The van der Waals surface area contributed by atoms with Gasteiger partial charge in [-0.15, -0.1) is 0 Å². The Morgan fingerprint density at radius 3 is 1.68 bits per heavy atom. The van der Waals surface area contributed by atoms with Crippen molar-refractivity contribution in [2.45, 2.75) is 6.92 Å². The number of fused-ring (bicyclic) bond motifs is 6. The van der Waals surface area contributed by atoms with Crippen molar-refractivity contribution in [1.29, 1.82) is 0 Å². The Bertz CT molecular complexity index is 2250. The lowest BCUT2D eigenvalue weighted by Gasteiger charge is -2.12. The molecule has 0 saturated heterocycles. The summed E-state index contributed by atoms with van der Waals surface area (Å²) >= 11 is 0. The van der Waals surface area contributed by atoms with Crippen LogP contribution in [0.5, 0.6) is 0 Å². The normalized spacial score (nSPS) is 11.5. The minimum atomic E-state index is 0.916. The zero-order valence-corrected chi connectivity index (χ0v) is 22.5. The number of rotatable bonds is 3. The molecule has 0 aliphatic carbocycles. The van der Waals surface area contributed by atoms with Gasteiger partial charge in [0.15, 0.2) is 0 Å². The van der Waals surface area contributed by atoms with E-state index in [2.05, 4.69) is 122 Å². The third-order valence-corrected chi connectivity index (χ3v) is 7.98. The second kappa shape index (κ2) is 9.35. The number of pyridine rings is 3. The summed E-state index contributed by atoms with van der Waals surface area (Å²) in [6.45, 7) is 2.18. The smallest absolute Gasteiger partial charge is 0.0972 e. The van der Waals surface area contributed by atoms with Crippen LogP contribution in [0.4, 0.5) is 0 Å². The molecule has 8 aromatic rings. The highest BCUT2D eigenvalue weighted by molar-refractivity contribution is 6.12. The van der Waals surface area contributed by atoms with E-state index in [9.17, 15) is 0 Å². The summed E-state index contributed by atoms with van der Waals surface area (Å²) in [6, 6.07) is 46.5. The van der Waals surface area contributed by atoms with Crippen LogP contribution in [0.2, 0.25) is 0 Å². The Morgan fingerprint density at radius 1 is 0.415 bits per heavy atom. The molecule has 0 aliphatic rings. The van der Waals surface area contributed by atoms with E-state index in [1.54, 1.807) is 0 Å². The van der Waals surface area contributed by atoms with E-state index in [0.29, 0.717) is 0 Å². The molecule has 0 fully saturated rings. The van der Waals surface area contributed by atoms with Crippen LogP contribution in [0.15, 0.2) is 133 Å². The molecule has 0 amide bonds. The lowest BCUT2D eigenvalue weighted by molar-refractivity contribution is 1.36. The molecule has 0 bridgehead atoms. The Labute approximate surface area is 237 Å². The topological polar surface area (TPSA) is 38.7 Å². The van der Waals surface area contributed by atoms with Crippen molar-refractivity contribution >= 4 is 43.5 Å². The van der Waals surface area contributed by atoms with Crippen LogP contribution >= 0.6 is 0 Å². The maximum absolute atomic E-state index is 5.14. The zero-order chi connectivity index (χ0) is 27.3. The fraction of sp³-hybridized carbons (Fsp3) is 0.0263. The quantitative estimate of drug-likeness (QED) is 0.216. The first-order valence-corrected chi connectivity index (χ1v) is 13.9. The molecule has 3 heteroatoms. The van der Waals surface area contributed by atoms with Crippen molar-refractivity contribution in [1.82, 2.24) is 15.0 Å². The number of aromatic nitrogens is 3. The van der Waals surface area contributed by atoms with E-state index >= 15 is 0 Å². The van der Waals surface area contributed by atoms with Gasteiger partial charge in [0.1, 0.15) is 0 Å². The number of hydrogen-bond donors (Lipinski definition) is 0. The largest absolute Gasteiger partial charge is 0.247 e. The fourth-order valence-electron chi connectivity index (χ4n) is 5.90. The second-order valence-electron chi connectivity index (χ2n) is 10.5. The van der Waals surface area contributed by atoms with Crippen molar-refractivity contribution in [2.24, 2.45) is 0 Å². The molecule has 0 spiro atoms. The third kappa shape index (κ3) is 3.94. The fourth-order valence-corrected chi connectivity index (χ4v) is 5.90. The highest BCUT2D eigenvalue weighted by Crippen LogP contribution is 2.35. The number of hydrogen-bond acceptors (Lipinski definition) is 3. The van der Waals surface area contributed by atoms with Crippen LogP contribution in [-0.2, 0) is 0 Å². The number of nitrogens with zero attached hydrogens (tertiary/aromatic N) is 3. The van der Waals surface area contributed by atoms with Gasteiger partial charge in [-0.05, 0) is 36.1 Å².